The molecule has 1 saturated heterocycles. The molecule has 0 bridgehead atoms. The standard InChI is InChI=1S/C14H18Cl2N2O2/c1-10-8-18(6-5-17(10)2)14(19)9-20-13-4-3-11(15)7-12(13)16/h3-4,7,10H,5-6,8-9H2,1-2H3. The molecule has 0 aromatic heterocycles. The van der Waals surface area contributed by atoms with E-state index in [1.54, 1.807) is 18.2 Å². The summed E-state index contributed by atoms with van der Waals surface area (Å²) in [5.41, 5.74) is 0. The van der Waals surface area contributed by atoms with E-state index in [4.69, 9.17) is 27.9 Å². The van der Waals surface area contributed by atoms with Crippen LogP contribution in [0.15, 0.2) is 18.2 Å². The SMILES string of the molecule is CC1CN(C(=O)COc2ccc(Cl)cc2Cl)CCN1C. The Hall–Kier alpha value is -0.970. The van der Waals surface area contributed by atoms with Crippen molar-refractivity contribution in [3.05, 3.63) is 28.2 Å². The van der Waals surface area contributed by atoms with Crippen LogP contribution in [0.2, 0.25) is 10.0 Å². The number of benzene rings is 1. The number of ether oxygens (including phenoxy) is 1. The molecule has 2 rings (SSSR count). The van der Waals surface area contributed by atoms with Crippen molar-refractivity contribution in [1.82, 2.24) is 9.80 Å². The molecule has 0 spiro atoms. The fraction of sp³-hybridized carbons (Fsp3) is 0.500. The maximum atomic E-state index is 12.1. The lowest BCUT2D eigenvalue weighted by Crippen LogP contribution is -2.53. The van der Waals surface area contributed by atoms with Crippen molar-refractivity contribution in [3.63, 3.8) is 0 Å². The van der Waals surface area contributed by atoms with E-state index >= 15 is 0 Å². The summed E-state index contributed by atoms with van der Waals surface area (Å²) in [7, 11) is 2.07. The molecule has 0 radical (unpaired) electrons. The Kier molecular flexibility index (Phi) is 5.13. The van der Waals surface area contributed by atoms with E-state index in [2.05, 4.69) is 18.9 Å². The molecule has 1 aliphatic rings. The van der Waals surface area contributed by atoms with Gasteiger partial charge in [0.05, 0.1) is 5.02 Å². The number of amides is 1. The van der Waals surface area contributed by atoms with Crippen LogP contribution in [0, 0.1) is 0 Å². The molecule has 0 aliphatic carbocycles. The normalized spacial score (nSPS) is 20.0. The Labute approximate surface area is 129 Å². The van der Waals surface area contributed by atoms with E-state index in [0.717, 1.165) is 19.6 Å². The zero-order valence-electron chi connectivity index (χ0n) is 11.6. The molecule has 1 heterocycles. The van der Waals surface area contributed by atoms with Crippen LogP contribution >= 0.6 is 23.2 Å². The molecule has 4 nitrogen and oxygen atoms in total. The summed E-state index contributed by atoms with van der Waals surface area (Å²) in [6.45, 7) is 4.45. The van der Waals surface area contributed by atoms with E-state index in [9.17, 15) is 4.79 Å². The second-order valence-corrected chi connectivity index (χ2v) is 5.88. The minimum atomic E-state index is -0.0176. The molecular weight excluding hydrogens is 299 g/mol. The van der Waals surface area contributed by atoms with E-state index in [1.165, 1.54) is 0 Å². The van der Waals surface area contributed by atoms with E-state index in [1.807, 2.05) is 4.90 Å². The van der Waals surface area contributed by atoms with Gasteiger partial charge in [-0.15, -0.1) is 0 Å². The fourth-order valence-corrected chi connectivity index (χ4v) is 2.56. The first kappa shape index (κ1) is 15.4. The first-order valence-corrected chi connectivity index (χ1v) is 7.29. The maximum Gasteiger partial charge on any atom is 0.260 e. The highest BCUT2D eigenvalue weighted by molar-refractivity contribution is 6.35. The van der Waals surface area contributed by atoms with Gasteiger partial charge in [0.2, 0.25) is 0 Å². The Morgan fingerprint density at radius 1 is 1.40 bits per heavy atom. The largest absolute Gasteiger partial charge is 0.482 e. The Balaban J connectivity index is 1.89. The van der Waals surface area contributed by atoms with Crippen LogP contribution in [-0.2, 0) is 4.79 Å². The molecule has 1 fully saturated rings. The molecule has 0 saturated carbocycles. The third-order valence-corrected chi connectivity index (χ3v) is 4.09. The number of piperazine rings is 1. The van der Waals surface area contributed by atoms with Gasteiger partial charge >= 0.3 is 0 Å². The number of likely N-dealkylation sites (N-methyl/N-ethyl adjacent to an activating group) is 1. The summed E-state index contributed by atoms with van der Waals surface area (Å²) >= 11 is 11.8. The highest BCUT2D eigenvalue weighted by atomic mass is 35.5. The number of nitrogens with zero attached hydrogens (tertiary/aromatic N) is 2. The van der Waals surface area contributed by atoms with E-state index in [-0.39, 0.29) is 12.5 Å². The highest BCUT2D eigenvalue weighted by Gasteiger charge is 2.24. The number of carbonyl (C=O) groups is 1. The van der Waals surface area contributed by atoms with Gasteiger partial charge in [0.1, 0.15) is 5.75 Å². The Morgan fingerprint density at radius 2 is 2.15 bits per heavy atom. The third-order valence-electron chi connectivity index (χ3n) is 3.56. The topological polar surface area (TPSA) is 32.8 Å². The molecule has 1 atom stereocenters. The molecule has 1 aromatic rings. The quantitative estimate of drug-likeness (QED) is 0.859. The summed E-state index contributed by atoms with van der Waals surface area (Å²) in [6, 6.07) is 5.32. The minimum absolute atomic E-state index is 0.00220. The minimum Gasteiger partial charge on any atom is -0.482 e. The first-order valence-electron chi connectivity index (χ1n) is 6.53. The number of hydrogen-bond acceptors (Lipinski definition) is 3. The predicted octanol–water partition coefficient (Wildman–Crippen LogP) is 2.53. The van der Waals surface area contributed by atoms with Crippen molar-refractivity contribution >= 4 is 29.1 Å². The molecule has 1 unspecified atom stereocenters. The monoisotopic (exact) mass is 316 g/mol. The van der Waals surface area contributed by atoms with Gasteiger partial charge in [-0.1, -0.05) is 23.2 Å². The molecule has 110 valence electrons. The highest BCUT2D eigenvalue weighted by Crippen LogP contribution is 2.27. The lowest BCUT2D eigenvalue weighted by molar-refractivity contribution is -0.135. The van der Waals surface area contributed by atoms with Gasteiger partial charge in [0.25, 0.3) is 5.91 Å². The molecule has 6 heteroatoms. The molecule has 1 aliphatic heterocycles. The molecule has 1 aromatic carbocycles. The molecular formula is C14H18Cl2N2O2. The van der Waals surface area contributed by atoms with Gasteiger partial charge in [0.15, 0.2) is 6.61 Å². The summed E-state index contributed by atoms with van der Waals surface area (Å²) < 4.78 is 5.47. The van der Waals surface area contributed by atoms with Crippen LogP contribution in [0.4, 0.5) is 0 Å². The molecule has 20 heavy (non-hydrogen) atoms. The van der Waals surface area contributed by atoms with Crippen molar-refractivity contribution in [2.24, 2.45) is 0 Å². The average molecular weight is 317 g/mol. The van der Waals surface area contributed by atoms with Gasteiger partial charge in [-0.25, -0.2) is 0 Å². The number of rotatable bonds is 3. The predicted molar refractivity (Wildman–Crippen MR) is 80.6 cm³/mol. The zero-order chi connectivity index (χ0) is 14.7. The third kappa shape index (κ3) is 3.78. The average Bonchev–Trinajstić information content (AvgIpc) is 2.40. The number of carbonyl (C=O) groups excluding carboxylic acids is 1. The van der Waals surface area contributed by atoms with Crippen molar-refractivity contribution in [3.8, 4) is 5.75 Å². The lowest BCUT2D eigenvalue weighted by Gasteiger charge is -2.37. The van der Waals surface area contributed by atoms with Crippen LogP contribution in [0.1, 0.15) is 6.92 Å². The summed E-state index contributed by atoms with van der Waals surface area (Å²) in [4.78, 5) is 16.2. The smallest absolute Gasteiger partial charge is 0.260 e. The Morgan fingerprint density at radius 3 is 2.80 bits per heavy atom. The number of hydrogen-bond donors (Lipinski definition) is 0. The van der Waals surface area contributed by atoms with Gasteiger partial charge in [-0.2, -0.15) is 0 Å². The van der Waals surface area contributed by atoms with Crippen LogP contribution in [-0.4, -0.2) is 55.0 Å². The van der Waals surface area contributed by atoms with Gasteiger partial charge in [-0.05, 0) is 32.2 Å². The van der Waals surface area contributed by atoms with Crippen LogP contribution < -0.4 is 4.74 Å². The van der Waals surface area contributed by atoms with E-state index < -0.39 is 0 Å². The summed E-state index contributed by atoms with van der Waals surface area (Å²) in [5.74, 6) is 0.461. The van der Waals surface area contributed by atoms with Crippen molar-refractivity contribution in [2.75, 3.05) is 33.3 Å². The summed E-state index contributed by atoms with van der Waals surface area (Å²) in [6.07, 6.45) is 0. The second kappa shape index (κ2) is 6.66. The van der Waals surface area contributed by atoms with Crippen LogP contribution in [0.5, 0.6) is 5.75 Å². The van der Waals surface area contributed by atoms with E-state index in [0.29, 0.717) is 21.8 Å². The van der Waals surface area contributed by atoms with Gasteiger partial charge < -0.3 is 14.5 Å². The van der Waals surface area contributed by atoms with Gasteiger partial charge in [-0.3, -0.25) is 4.79 Å². The van der Waals surface area contributed by atoms with Crippen molar-refractivity contribution < 1.29 is 9.53 Å². The first-order chi connectivity index (χ1) is 9.47. The van der Waals surface area contributed by atoms with Crippen molar-refractivity contribution in [1.29, 1.82) is 0 Å². The summed E-state index contributed by atoms with van der Waals surface area (Å²) in [5, 5.41) is 0.957. The van der Waals surface area contributed by atoms with Gasteiger partial charge in [0, 0.05) is 30.7 Å². The van der Waals surface area contributed by atoms with Crippen LogP contribution in [0.25, 0.3) is 0 Å². The molecule has 0 N–H and O–H groups in total. The molecule has 1 amide bonds. The number of halogens is 2. The van der Waals surface area contributed by atoms with Crippen molar-refractivity contribution in [2.45, 2.75) is 13.0 Å². The Bertz CT molecular complexity index is 496. The lowest BCUT2D eigenvalue weighted by atomic mass is 10.2. The zero-order valence-corrected chi connectivity index (χ0v) is 13.1. The second-order valence-electron chi connectivity index (χ2n) is 5.03. The van der Waals surface area contributed by atoms with Crippen LogP contribution in [0.3, 0.4) is 0 Å². The fourth-order valence-electron chi connectivity index (χ4n) is 2.10. The maximum absolute atomic E-state index is 12.1.